The molecule has 2 nitrogen and oxygen atoms in total. The van der Waals surface area contributed by atoms with E-state index in [1.54, 1.807) is 24.3 Å². The first-order valence-corrected chi connectivity index (χ1v) is 7.92. The third-order valence-corrected chi connectivity index (χ3v) is 4.02. The summed E-state index contributed by atoms with van der Waals surface area (Å²) in [5.74, 6) is 0.0150. The van der Waals surface area contributed by atoms with Gasteiger partial charge in [0.2, 0.25) is 0 Å². The molecular weight excluding hydrogens is 331 g/mol. The van der Waals surface area contributed by atoms with E-state index < -0.39 is 0 Å². The average Bonchev–Trinajstić information content (AvgIpc) is 2.55. The first kappa shape index (κ1) is 16.0. The van der Waals surface area contributed by atoms with Crippen LogP contribution in [0.15, 0.2) is 59.7 Å². The van der Waals surface area contributed by atoms with Gasteiger partial charge in [0, 0.05) is 21.2 Å². The van der Waals surface area contributed by atoms with Crippen LogP contribution in [0.4, 0.5) is 0 Å². The number of hydrogen-bond donors (Lipinski definition) is 0. The lowest BCUT2D eigenvalue weighted by atomic mass is 9.98. The van der Waals surface area contributed by atoms with Crippen molar-refractivity contribution in [1.29, 1.82) is 0 Å². The molecule has 1 heterocycles. The van der Waals surface area contributed by atoms with Crippen LogP contribution in [0.3, 0.4) is 0 Å². The fourth-order valence-corrected chi connectivity index (χ4v) is 2.60. The number of ketones is 1. The van der Waals surface area contributed by atoms with E-state index in [-0.39, 0.29) is 5.78 Å². The van der Waals surface area contributed by atoms with Gasteiger partial charge in [-0.05, 0) is 47.5 Å². The van der Waals surface area contributed by atoms with E-state index in [1.165, 1.54) is 0 Å². The highest BCUT2D eigenvalue weighted by Gasteiger charge is 2.21. The zero-order valence-electron chi connectivity index (χ0n) is 12.3. The summed E-state index contributed by atoms with van der Waals surface area (Å²) in [5, 5.41) is 1.34. The molecule has 0 spiro atoms. The Bertz CT molecular complexity index is 707. The summed E-state index contributed by atoms with van der Waals surface area (Å²) in [6.07, 6.45) is 3.68. The number of Topliss-reactive ketones (excluding diaryl/α,β-unsaturated/α-hetero) is 1. The van der Waals surface area contributed by atoms with E-state index >= 15 is 0 Å². The number of hydrogen-bond acceptors (Lipinski definition) is 2. The van der Waals surface area contributed by atoms with Gasteiger partial charge in [-0.3, -0.25) is 4.79 Å². The second-order valence-corrected chi connectivity index (χ2v) is 6.14. The predicted molar refractivity (Wildman–Crippen MR) is 94.7 cm³/mol. The van der Waals surface area contributed by atoms with Crippen molar-refractivity contribution >= 4 is 41.1 Å². The van der Waals surface area contributed by atoms with Crippen LogP contribution in [0.25, 0.3) is 12.2 Å². The first-order valence-electron chi connectivity index (χ1n) is 7.16. The molecule has 0 atom stereocenters. The minimum atomic E-state index is 0.0150. The maximum Gasteiger partial charge on any atom is 0.189 e. The fraction of sp³-hybridized carbons (Fsp3) is 0.105. The summed E-state index contributed by atoms with van der Waals surface area (Å²) in [7, 11) is 0. The molecule has 0 radical (unpaired) electrons. The van der Waals surface area contributed by atoms with Crippen molar-refractivity contribution < 1.29 is 9.53 Å². The van der Waals surface area contributed by atoms with Crippen molar-refractivity contribution in [3.63, 3.8) is 0 Å². The van der Waals surface area contributed by atoms with Gasteiger partial charge in [-0.25, -0.2) is 0 Å². The minimum Gasteiger partial charge on any atom is -0.372 e. The Kier molecular flexibility index (Phi) is 4.97. The van der Waals surface area contributed by atoms with Crippen LogP contribution in [0.5, 0.6) is 0 Å². The van der Waals surface area contributed by atoms with Crippen LogP contribution in [0.2, 0.25) is 10.0 Å². The summed E-state index contributed by atoms with van der Waals surface area (Å²) in [4.78, 5) is 12.6. The molecule has 3 rings (SSSR count). The monoisotopic (exact) mass is 344 g/mol. The van der Waals surface area contributed by atoms with Crippen LogP contribution in [0, 0.1) is 0 Å². The molecule has 4 heteroatoms. The zero-order valence-corrected chi connectivity index (χ0v) is 13.8. The van der Waals surface area contributed by atoms with Crippen molar-refractivity contribution in [2.75, 3.05) is 13.2 Å². The van der Waals surface area contributed by atoms with Gasteiger partial charge < -0.3 is 4.74 Å². The third-order valence-electron chi connectivity index (χ3n) is 3.52. The lowest BCUT2D eigenvalue weighted by molar-refractivity contribution is -0.114. The molecule has 1 aliphatic rings. The van der Waals surface area contributed by atoms with Crippen molar-refractivity contribution in [3.05, 3.63) is 80.8 Å². The normalized spacial score (nSPS) is 18.6. The van der Waals surface area contributed by atoms with E-state index in [0.29, 0.717) is 34.4 Å². The van der Waals surface area contributed by atoms with Crippen molar-refractivity contribution in [2.45, 2.75) is 0 Å². The summed E-state index contributed by atoms with van der Waals surface area (Å²) in [6, 6.07) is 14.7. The van der Waals surface area contributed by atoms with Crippen LogP contribution >= 0.6 is 23.2 Å². The molecular formula is C19H14Cl2O2. The quantitative estimate of drug-likeness (QED) is 0.711. The van der Waals surface area contributed by atoms with Gasteiger partial charge in [-0.2, -0.15) is 0 Å². The van der Waals surface area contributed by atoms with Crippen LogP contribution in [0.1, 0.15) is 11.1 Å². The van der Waals surface area contributed by atoms with Crippen LogP contribution in [-0.4, -0.2) is 19.0 Å². The molecule has 0 unspecified atom stereocenters. The van der Waals surface area contributed by atoms with Gasteiger partial charge in [0.15, 0.2) is 5.78 Å². The fourth-order valence-electron chi connectivity index (χ4n) is 2.34. The van der Waals surface area contributed by atoms with Gasteiger partial charge in [-0.1, -0.05) is 47.5 Å². The number of carbonyl (C=O) groups is 1. The summed E-state index contributed by atoms with van der Waals surface area (Å²) < 4.78 is 5.55. The van der Waals surface area contributed by atoms with Crippen LogP contribution in [-0.2, 0) is 9.53 Å². The van der Waals surface area contributed by atoms with Crippen molar-refractivity contribution in [2.24, 2.45) is 0 Å². The highest BCUT2D eigenvalue weighted by molar-refractivity contribution is 6.30. The van der Waals surface area contributed by atoms with Gasteiger partial charge in [0.25, 0.3) is 0 Å². The predicted octanol–water partition coefficient (Wildman–Crippen LogP) is 5.06. The molecule has 0 aromatic heterocycles. The SMILES string of the molecule is O=C1C(=Cc2ccc(Cl)cc2)COCC1=Cc1ccc(Cl)cc1. The van der Waals surface area contributed by atoms with E-state index in [2.05, 4.69) is 0 Å². The molecule has 23 heavy (non-hydrogen) atoms. The van der Waals surface area contributed by atoms with Gasteiger partial charge in [-0.15, -0.1) is 0 Å². The zero-order chi connectivity index (χ0) is 16.2. The molecule has 0 bridgehead atoms. The Balaban J connectivity index is 1.86. The Labute approximate surface area is 145 Å². The molecule has 2 aromatic carbocycles. The van der Waals surface area contributed by atoms with Gasteiger partial charge >= 0.3 is 0 Å². The number of benzene rings is 2. The molecule has 0 N–H and O–H groups in total. The molecule has 0 aliphatic carbocycles. The number of carbonyl (C=O) groups excluding carboxylic acids is 1. The van der Waals surface area contributed by atoms with E-state index in [9.17, 15) is 4.79 Å². The lowest BCUT2D eigenvalue weighted by Gasteiger charge is -2.17. The van der Waals surface area contributed by atoms with E-state index in [4.69, 9.17) is 27.9 Å². The number of halogens is 2. The Morgan fingerprint density at radius 2 is 1.13 bits per heavy atom. The largest absolute Gasteiger partial charge is 0.372 e. The second-order valence-electron chi connectivity index (χ2n) is 5.26. The molecule has 1 fully saturated rings. The summed E-state index contributed by atoms with van der Waals surface area (Å²) in [6.45, 7) is 0.638. The van der Waals surface area contributed by atoms with Gasteiger partial charge in [0.1, 0.15) is 0 Å². The third kappa shape index (κ3) is 4.11. The van der Waals surface area contributed by atoms with Crippen molar-refractivity contribution in [1.82, 2.24) is 0 Å². The Morgan fingerprint density at radius 1 is 0.739 bits per heavy atom. The first-order chi connectivity index (χ1) is 11.1. The molecule has 116 valence electrons. The maximum absolute atomic E-state index is 12.6. The molecule has 1 saturated heterocycles. The van der Waals surface area contributed by atoms with Gasteiger partial charge in [0.05, 0.1) is 13.2 Å². The summed E-state index contributed by atoms with van der Waals surface area (Å²) in [5.41, 5.74) is 3.13. The van der Waals surface area contributed by atoms with E-state index in [1.807, 2.05) is 36.4 Å². The standard InChI is InChI=1S/C19H14Cl2O2/c20-17-5-1-13(2-6-17)9-15-11-23-12-16(19(15)22)10-14-3-7-18(21)8-4-14/h1-10H,11-12H2. The number of ether oxygens (including phenoxy) is 1. The molecule has 2 aromatic rings. The van der Waals surface area contributed by atoms with Crippen LogP contribution < -0.4 is 0 Å². The maximum atomic E-state index is 12.6. The smallest absolute Gasteiger partial charge is 0.189 e. The highest BCUT2D eigenvalue weighted by Crippen LogP contribution is 2.21. The topological polar surface area (TPSA) is 26.3 Å². The second kappa shape index (κ2) is 7.14. The lowest BCUT2D eigenvalue weighted by Crippen LogP contribution is -2.21. The molecule has 1 aliphatic heterocycles. The average molecular weight is 345 g/mol. The minimum absolute atomic E-state index is 0.0150. The summed E-state index contributed by atoms with van der Waals surface area (Å²) >= 11 is 11.8. The van der Waals surface area contributed by atoms with Crippen molar-refractivity contribution in [3.8, 4) is 0 Å². The highest BCUT2D eigenvalue weighted by atomic mass is 35.5. The van der Waals surface area contributed by atoms with E-state index in [0.717, 1.165) is 11.1 Å². The number of rotatable bonds is 2. The molecule has 0 amide bonds. The Hall–Kier alpha value is -1.87. The Morgan fingerprint density at radius 3 is 1.52 bits per heavy atom. The molecule has 0 saturated carbocycles.